The second-order valence-corrected chi connectivity index (χ2v) is 10.6. The van der Waals surface area contributed by atoms with E-state index >= 15 is 0 Å². The van der Waals surface area contributed by atoms with Gasteiger partial charge in [0.05, 0.1) is 0 Å². The van der Waals surface area contributed by atoms with Crippen LogP contribution in [-0.4, -0.2) is 40.9 Å². The van der Waals surface area contributed by atoms with E-state index in [9.17, 15) is 29.1 Å². The molecule has 31 heavy (non-hydrogen) atoms. The SMILES string of the molecule is CC(C)C(NC(=O)CCC(C)(C)C1C(=O)CC2(C)C(=O)CCC2C1CCC=O)C(=O)O. The molecule has 1 amide bonds. The van der Waals surface area contributed by atoms with Crippen LogP contribution in [0.5, 0.6) is 0 Å². The normalized spacial score (nSPS) is 29.5. The average molecular weight is 436 g/mol. The minimum atomic E-state index is -1.07. The van der Waals surface area contributed by atoms with E-state index < -0.39 is 22.8 Å². The van der Waals surface area contributed by atoms with Gasteiger partial charge in [0.15, 0.2) is 0 Å². The van der Waals surface area contributed by atoms with Crippen molar-refractivity contribution >= 4 is 29.7 Å². The Kier molecular flexibility index (Phi) is 7.82. The fourth-order valence-electron chi connectivity index (χ4n) is 5.95. The van der Waals surface area contributed by atoms with E-state index in [0.717, 1.165) is 12.7 Å². The summed E-state index contributed by atoms with van der Waals surface area (Å²) in [7, 11) is 0. The molecule has 2 saturated carbocycles. The smallest absolute Gasteiger partial charge is 0.326 e. The maximum atomic E-state index is 13.3. The van der Waals surface area contributed by atoms with Crippen LogP contribution in [0.15, 0.2) is 0 Å². The number of Topliss-reactive ketones (excluding diaryl/α,β-unsaturated/α-hetero) is 2. The van der Waals surface area contributed by atoms with E-state index in [1.165, 1.54) is 0 Å². The maximum absolute atomic E-state index is 13.3. The zero-order valence-corrected chi connectivity index (χ0v) is 19.4. The van der Waals surface area contributed by atoms with Crippen molar-refractivity contribution in [2.75, 3.05) is 0 Å². The fraction of sp³-hybridized carbons (Fsp3) is 0.792. The van der Waals surface area contributed by atoms with Crippen LogP contribution in [-0.2, 0) is 24.0 Å². The molecule has 0 aromatic rings. The summed E-state index contributed by atoms with van der Waals surface area (Å²) >= 11 is 0. The molecule has 5 atom stereocenters. The number of hydrogen-bond acceptors (Lipinski definition) is 5. The van der Waals surface area contributed by atoms with Crippen molar-refractivity contribution < 1.29 is 29.1 Å². The third-order valence-electron chi connectivity index (χ3n) is 7.68. The van der Waals surface area contributed by atoms with Gasteiger partial charge in [0.25, 0.3) is 0 Å². The number of nitrogens with one attached hydrogen (secondary N) is 1. The highest BCUT2D eigenvalue weighted by Gasteiger charge is 2.58. The molecule has 0 aliphatic heterocycles. The van der Waals surface area contributed by atoms with Gasteiger partial charge in [-0.3, -0.25) is 14.4 Å². The molecule has 5 unspecified atom stereocenters. The first-order valence-corrected chi connectivity index (χ1v) is 11.4. The molecule has 0 aromatic heterocycles. The Morgan fingerprint density at radius 1 is 1.29 bits per heavy atom. The molecule has 0 saturated heterocycles. The van der Waals surface area contributed by atoms with E-state index in [2.05, 4.69) is 5.32 Å². The second kappa shape index (κ2) is 9.61. The summed E-state index contributed by atoms with van der Waals surface area (Å²) in [6.07, 6.45) is 3.77. The summed E-state index contributed by atoms with van der Waals surface area (Å²) < 4.78 is 0. The van der Waals surface area contributed by atoms with E-state index in [0.29, 0.717) is 25.7 Å². The highest BCUT2D eigenvalue weighted by molar-refractivity contribution is 5.95. The van der Waals surface area contributed by atoms with Crippen LogP contribution in [0, 0.1) is 34.5 Å². The first-order chi connectivity index (χ1) is 14.3. The molecule has 0 bridgehead atoms. The van der Waals surface area contributed by atoms with Crippen LogP contribution >= 0.6 is 0 Å². The van der Waals surface area contributed by atoms with Crippen molar-refractivity contribution in [1.29, 1.82) is 0 Å². The summed E-state index contributed by atoms with van der Waals surface area (Å²) in [5, 5.41) is 11.9. The minimum Gasteiger partial charge on any atom is -0.480 e. The monoisotopic (exact) mass is 435 g/mol. The zero-order valence-electron chi connectivity index (χ0n) is 19.4. The van der Waals surface area contributed by atoms with Crippen molar-refractivity contribution in [1.82, 2.24) is 5.32 Å². The Labute approximate surface area is 184 Å². The lowest BCUT2D eigenvalue weighted by Crippen LogP contribution is -2.51. The topological polar surface area (TPSA) is 118 Å². The Bertz CT molecular complexity index is 742. The van der Waals surface area contributed by atoms with E-state index in [-0.39, 0.29) is 54.0 Å². The van der Waals surface area contributed by atoms with Crippen LogP contribution in [0.2, 0.25) is 0 Å². The third kappa shape index (κ3) is 5.24. The van der Waals surface area contributed by atoms with E-state index in [4.69, 9.17) is 0 Å². The summed E-state index contributed by atoms with van der Waals surface area (Å²) in [5.41, 5.74) is -1.15. The third-order valence-corrected chi connectivity index (χ3v) is 7.68. The van der Waals surface area contributed by atoms with Gasteiger partial charge >= 0.3 is 5.97 Å². The standard InChI is InChI=1S/C24H37NO6/c1-14(2)21(22(30)31)25-19(29)10-11-23(3,4)20-15(7-6-12-26)16-8-9-18(28)24(16,5)13-17(20)27/h12,14-16,20-21H,6-11,13H2,1-5H3,(H,25,29)(H,30,31). The Hall–Kier alpha value is -2.05. The number of hydrogen-bond donors (Lipinski definition) is 2. The van der Waals surface area contributed by atoms with Gasteiger partial charge in [0, 0.05) is 37.0 Å². The second-order valence-electron chi connectivity index (χ2n) is 10.6. The largest absolute Gasteiger partial charge is 0.480 e. The van der Waals surface area contributed by atoms with Gasteiger partial charge in [-0.05, 0) is 42.4 Å². The Balaban J connectivity index is 2.17. The van der Waals surface area contributed by atoms with Gasteiger partial charge in [-0.25, -0.2) is 4.79 Å². The molecule has 7 heteroatoms. The molecule has 2 aliphatic rings. The van der Waals surface area contributed by atoms with Crippen LogP contribution in [0.1, 0.15) is 79.6 Å². The zero-order chi connectivity index (χ0) is 23.6. The number of fused-ring (bicyclic) bond motifs is 1. The molecule has 0 aromatic carbocycles. The van der Waals surface area contributed by atoms with Crippen LogP contribution in [0.4, 0.5) is 0 Å². The molecular formula is C24H37NO6. The Morgan fingerprint density at radius 2 is 1.94 bits per heavy atom. The fourth-order valence-corrected chi connectivity index (χ4v) is 5.95. The van der Waals surface area contributed by atoms with Crippen LogP contribution in [0.25, 0.3) is 0 Å². The van der Waals surface area contributed by atoms with Crippen LogP contribution < -0.4 is 5.32 Å². The quantitative estimate of drug-likeness (QED) is 0.509. The lowest BCUT2D eigenvalue weighted by molar-refractivity contribution is -0.149. The number of rotatable bonds is 10. The molecule has 2 aliphatic carbocycles. The molecule has 2 fully saturated rings. The van der Waals surface area contributed by atoms with Crippen LogP contribution in [0.3, 0.4) is 0 Å². The van der Waals surface area contributed by atoms with Gasteiger partial charge in [0.2, 0.25) is 5.91 Å². The van der Waals surface area contributed by atoms with E-state index in [1.807, 2.05) is 20.8 Å². The van der Waals surface area contributed by atoms with Gasteiger partial charge in [-0.15, -0.1) is 0 Å². The van der Waals surface area contributed by atoms with Crippen molar-refractivity contribution in [2.24, 2.45) is 34.5 Å². The van der Waals surface area contributed by atoms with Gasteiger partial charge in [-0.1, -0.05) is 34.6 Å². The van der Waals surface area contributed by atoms with E-state index in [1.54, 1.807) is 13.8 Å². The predicted molar refractivity (Wildman–Crippen MR) is 115 cm³/mol. The molecule has 0 radical (unpaired) electrons. The summed E-state index contributed by atoms with van der Waals surface area (Å²) in [6, 6.07) is -0.947. The van der Waals surface area contributed by atoms with Crippen molar-refractivity contribution in [3.63, 3.8) is 0 Å². The number of amides is 1. The molecule has 7 nitrogen and oxygen atoms in total. The number of aldehydes is 1. The maximum Gasteiger partial charge on any atom is 0.326 e. The number of aliphatic carboxylic acids is 1. The summed E-state index contributed by atoms with van der Waals surface area (Å²) in [6.45, 7) is 9.30. The lowest BCUT2D eigenvalue weighted by atomic mass is 9.52. The molecule has 174 valence electrons. The minimum absolute atomic E-state index is 0.0425. The number of carbonyl (C=O) groups is 5. The first kappa shape index (κ1) is 25.2. The van der Waals surface area contributed by atoms with Crippen molar-refractivity contribution in [2.45, 2.75) is 85.6 Å². The molecule has 2 N–H and O–H groups in total. The molecule has 2 rings (SSSR count). The van der Waals surface area contributed by atoms with Gasteiger partial charge in [-0.2, -0.15) is 0 Å². The first-order valence-electron chi connectivity index (χ1n) is 11.4. The highest BCUT2D eigenvalue weighted by Crippen LogP contribution is 2.58. The highest BCUT2D eigenvalue weighted by atomic mass is 16.4. The number of carboxylic acids is 1. The number of carbonyl (C=O) groups excluding carboxylic acids is 4. The number of carboxylic acid groups (broad SMARTS) is 1. The molecule has 0 heterocycles. The van der Waals surface area contributed by atoms with Crippen molar-refractivity contribution in [3.8, 4) is 0 Å². The molecular weight excluding hydrogens is 398 g/mol. The lowest BCUT2D eigenvalue weighted by Gasteiger charge is -2.49. The predicted octanol–water partition coefficient (Wildman–Crippen LogP) is 3.19. The Morgan fingerprint density at radius 3 is 2.48 bits per heavy atom. The summed E-state index contributed by atoms with van der Waals surface area (Å²) in [5.74, 6) is -1.78. The van der Waals surface area contributed by atoms with Gasteiger partial charge in [0.1, 0.15) is 23.9 Å². The number of ketones is 2. The molecule has 0 spiro atoms. The average Bonchev–Trinajstić information content (AvgIpc) is 2.95. The van der Waals surface area contributed by atoms with Gasteiger partial charge < -0.3 is 15.2 Å². The summed E-state index contributed by atoms with van der Waals surface area (Å²) in [4.78, 5) is 60.8. The van der Waals surface area contributed by atoms with Crippen molar-refractivity contribution in [3.05, 3.63) is 0 Å².